The van der Waals surface area contributed by atoms with Gasteiger partial charge in [-0.05, 0) is 30.7 Å². The standard InChI is InChI=1S/C20H21N3O4/c1-2-3-11-27-18-6-4-5-15(13-18)20(24)22-10-9-21-14-16-12-17(23(25)26)7-8-19(16)22/h4-8,12-14H,2-3,9-11H2,1H3. The number of unbranched alkanes of at least 4 members (excludes halogenated alkanes) is 1. The zero-order valence-corrected chi connectivity index (χ0v) is 15.1. The molecule has 1 aliphatic heterocycles. The van der Waals surface area contributed by atoms with E-state index in [1.165, 1.54) is 12.1 Å². The highest BCUT2D eigenvalue weighted by Crippen LogP contribution is 2.27. The van der Waals surface area contributed by atoms with E-state index in [9.17, 15) is 14.9 Å². The van der Waals surface area contributed by atoms with Crippen LogP contribution in [0.1, 0.15) is 35.7 Å². The van der Waals surface area contributed by atoms with Gasteiger partial charge in [0.15, 0.2) is 0 Å². The molecule has 2 aromatic carbocycles. The van der Waals surface area contributed by atoms with Gasteiger partial charge in [-0.25, -0.2) is 0 Å². The van der Waals surface area contributed by atoms with E-state index >= 15 is 0 Å². The SMILES string of the molecule is CCCCOc1cccc(C(=O)N2CCN=Cc3cc([N+](=O)[O-])ccc32)c1. The molecule has 0 aromatic heterocycles. The van der Waals surface area contributed by atoms with Crippen molar-refractivity contribution in [1.82, 2.24) is 0 Å². The Hall–Kier alpha value is -3.22. The lowest BCUT2D eigenvalue weighted by atomic mass is 10.1. The minimum absolute atomic E-state index is 0.0270. The van der Waals surface area contributed by atoms with Gasteiger partial charge in [-0.1, -0.05) is 19.4 Å². The smallest absolute Gasteiger partial charge is 0.270 e. The molecule has 0 fully saturated rings. The molecule has 1 heterocycles. The maximum absolute atomic E-state index is 13.1. The lowest BCUT2D eigenvalue weighted by Gasteiger charge is -2.22. The average molecular weight is 367 g/mol. The topological polar surface area (TPSA) is 85.0 Å². The molecular formula is C20H21N3O4. The maximum atomic E-state index is 13.1. The first-order valence-corrected chi connectivity index (χ1v) is 8.93. The van der Waals surface area contributed by atoms with E-state index in [1.807, 2.05) is 6.07 Å². The fraction of sp³-hybridized carbons (Fsp3) is 0.300. The van der Waals surface area contributed by atoms with Crippen LogP contribution >= 0.6 is 0 Å². The molecule has 1 amide bonds. The molecule has 0 unspecified atom stereocenters. The molecule has 0 N–H and O–H groups in total. The monoisotopic (exact) mass is 367 g/mol. The molecule has 140 valence electrons. The number of aliphatic imine (C=N–C) groups is 1. The van der Waals surface area contributed by atoms with Gasteiger partial charge in [-0.3, -0.25) is 19.9 Å². The number of rotatable bonds is 6. The number of ether oxygens (including phenoxy) is 1. The Morgan fingerprint density at radius 1 is 1.30 bits per heavy atom. The van der Waals surface area contributed by atoms with Crippen molar-refractivity contribution in [3.8, 4) is 5.75 Å². The normalized spacial score (nSPS) is 13.0. The predicted molar refractivity (Wildman–Crippen MR) is 104 cm³/mol. The summed E-state index contributed by atoms with van der Waals surface area (Å²) in [6.07, 6.45) is 3.57. The van der Waals surface area contributed by atoms with Gasteiger partial charge >= 0.3 is 0 Å². The van der Waals surface area contributed by atoms with Gasteiger partial charge in [0.1, 0.15) is 5.75 Å². The number of non-ortho nitro benzene ring substituents is 1. The quantitative estimate of drug-likeness (QED) is 0.441. The Bertz CT molecular complexity index is 879. The molecule has 1 aliphatic rings. The third kappa shape index (κ3) is 4.31. The van der Waals surface area contributed by atoms with Gasteiger partial charge in [-0.2, -0.15) is 0 Å². The van der Waals surface area contributed by atoms with Crippen molar-refractivity contribution in [3.63, 3.8) is 0 Å². The number of hydrogen-bond acceptors (Lipinski definition) is 5. The molecule has 0 bridgehead atoms. The Labute approximate surface area is 157 Å². The van der Waals surface area contributed by atoms with Crippen LogP contribution in [0.25, 0.3) is 0 Å². The zero-order chi connectivity index (χ0) is 19.2. The van der Waals surface area contributed by atoms with Crippen LogP contribution in [0.15, 0.2) is 47.5 Å². The summed E-state index contributed by atoms with van der Waals surface area (Å²) >= 11 is 0. The summed E-state index contributed by atoms with van der Waals surface area (Å²) in [4.78, 5) is 29.5. The van der Waals surface area contributed by atoms with Crippen LogP contribution < -0.4 is 9.64 Å². The fourth-order valence-electron chi connectivity index (χ4n) is 2.87. The second-order valence-corrected chi connectivity index (χ2v) is 6.22. The number of benzodiazepines with no additional fused rings is 1. The molecule has 7 heteroatoms. The Kier molecular flexibility index (Phi) is 5.80. The largest absolute Gasteiger partial charge is 0.494 e. The highest BCUT2D eigenvalue weighted by Gasteiger charge is 2.23. The molecule has 7 nitrogen and oxygen atoms in total. The summed E-state index contributed by atoms with van der Waals surface area (Å²) in [7, 11) is 0. The number of anilines is 1. The summed E-state index contributed by atoms with van der Waals surface area (Å²) in [5.74, 6) is 0.473. The minimum Gasteiger partial charge on any atom is -0.494 e. The number of nitro groups is 1. The second kappa shape index (κ2) is 8.44. The third-order valence-electron chi connectivity index (χ3n) is 4.29. The summed E-state index contributed by atoms with van der Waals surface area (Å²) in [5, 5.41) is 11.0. The first-order chi connectivity index (χ1) is 13.1. The van der Waals surface area contributed by atoms with Crippen molar-refractivity contribution in [2.75, 3.05) is 24.6 Å². The molecule has 0 saturated carbocycles. The number of carbonyl (C=O) groups is 1. The van der Waals surface area contributed by atoms with Gasteiger partial charge in [0, 0.05) is 36.0 Å². The van der Waals surface area contributed by atoms with E-state index in [4.69, 9.17) is 4.74 Å². The van der Waals surface area contributed by atoms with Gasteiger partial charge in [0.05, 0.1) is 23.8 Å². The molecule has 27 heavy (non-hydrogen) atoms. The Morgan fingerprint density at radius 3 is 2.93 bits per heavy atom. The second-order valence-electron chi connectivity index (χ2n) is 6.22. The molecule has 2 aromatic rings. The maximum Gasteiger partial charge on any atom is 0.270 e. The summed E-state index contributed by atoms with van der Waals surface area (Å²) < 4.78 is 5.69. The summed E-state index contributed by atoms with van der Waals surface area (Å²) in [6, 6.07) is 11.5. The van der Waals surface area contributed by atoms with Crippen LogP contribution in [0.2, 0.25) is 0 Å². The molecule has 0 spiro atoms. The zero-order valence-electron chi connectivity index (χ0n) is 15.1. The van der Waals surface area contributed by atoms with E-state index in [-0.39, 0.29) is 11.6 Å². The third-order valence-corrected chi connectivity index (χ3v) is 4.29. The number of carbonyl (C=O) groups excluding carboxylic acids is 1. The lowest BCUT2D eigenvalue weighted by Crippen LogP contribution is -2.33. The van der Waals surface area contributed by atoms with Crippen LogP contribution in [-0.4, -0.2) is 36.7 Å². The number of amides is 1. The van der Waals surface area contributed by atoms with Crippen molar-refractivity contribution in [2.45, 2.75) is 19.8 Å². The number of benzene rings is 2. The molecule has 0 atom stereocenters. The molecule has 0 radical (unpaired) electrons. The summed E-state index contributed by atoms with van der Waals surface area (Å²) in [6.45, 7) is 3.53. The Balaban J connectivity index is 1.88. The summed E-state index contributed by atoms with van der Waals surface area (Å²) in [5.41, 5.74) is 1.66. The first-order valence-electron chi connectivity index (χ1n) is 8.93. The van der Waals surface area contributed by atoms with Crippen LogP contribution in [-0.2, 0) is 0 Å². The van der Waals surface area contributed by atoms with Crippen molar-refractivity contribution >= 4 is 23.5 Å². The van der Waals surface area contributed by atoms with Crippen molar-refractivity contribution in [1.29, 1.82) is 0 Å². The Morgan fingerprint density at radius 2 is 2.15 bits per heavy atom. The van der Waals surface area contributed by atoms with Crippen LogP contribution in [0.3, 0.4) is 0 Å². The number of nitro benzene ring substituents is 1. The van der Waals surface area contributed by atoms with Gasteiger partial charge in [0.2, 0.25) is 0 Å². The van der Waals surface area contributed by atoms with Gasteiger partial charge in [0.25, 0.3) is 11.6 Å². The molecule has 0 aliphatic carbocycles. The van der Waals surface area contributed by atoms with E-state index in [1.54, 1.807) is 35.4 Å². The van der Waals surface area contributed by atoms with E-state index in [0.29, 0.717) is 42.3 Å². The number of hydrogen-bond donors (Lipinski definition) is 0. The number of fused-ring (bicyclic) bond motifs is 1. The lowest BCUT2D eigenvalue weighted by molar-refractivity contribution is -0.384. The molecular weight excluding hydrogens is 346 g/mol. The average Bonchev–Trinajstić information content (AvgIpc) is 2.89. The van der Waals surface area contributed by atoms with Crippen LogP contribution in [0.4, 0.5) is 11.4 Å². The van der Waals surface area contributed by atoms with Crippen molar-refractivity contribution in [3.05, 3.63) is 63.7 Å². The molecule has 0 saturated heterocycles. The van der Waals surface area contributed by atoms with E-state index in [2.05, 4.69) is 11.9 Å². The van der Waals surface area contributed by atoms with E-state index in [0.717, 1.165) is 12.8 Å². The van der Waals surface area contributed by atoms with Gasteiger partial charge in [-0.15, -0.1) is 0 Å². The fourth-order valence-corrected chi connectivity index (χ4v) is 2.87. The molecule has 3 rings (SSSR count). The van der Waals surface area contributed by atoms with Gasteiger partial charge < -0.3 is 9.64 Å². The van der Waals surface area contributed by atoms with Crippen molar-refractivity contribution in [2.24, 2.45) is 4.99 Å². The van der Waals surface area contributed by atoms with Crippen LogP contribution in [0.5, 0.6) is 5.75 Å². The predicted octanol–water partition coefficient (Wildman–Crippen LogP) is 3.85. The van der Waals surface area contributed by atoms with Crippen LogP contribution in [0, 0.1) is 10.1 Å². The minimum atomic E-state index is -0.456. The number of nitrogens with zero attached hydrogens (tertiary/aromatic N) is 3. The van der Waals surface area contributed by atoms with Crippen molar-refractivity contribution < 1.29 is 14.5 Å². The highest BCUT2D eigenvalue weighted by molar-refractivity contribution is 6.09. The highest BCUT2D eigenvalue weighted by atomic mass is 16.6. The first kappa shape index (κ1) is 18.6. The van der Waals surface area contributed by atoms with E-state index < -0.39 is 4.92 Å².